The van der Waals surface area contributed by atoms with Gasteiger partial charge in [-0.15, -0.1) is 10.2 Å². The first kappa shape index (κ1) is 13.5. The lowest BCUT2D eigenvalue weighted by molar-refractivity contribution is 0.620. The van der Waals surface area contributed by atoms with Gasteiger partial charge in [-0.2, -0.15) is 0 Å². The molecular weight excluding hydrogens is 319 g/mol. The third-order valence-corrected chi connectivity index (χ3v) is 4.16. The van der Waals surface area contributed by atoms with Gasteiger partial charge in [-0.05, 0) is 33.6 Å². The highest BCUT2D eigenvalue weighted by Crippen LogP contribution is 2.24. The van der Waals surface area contributed by atoms with Crippen LogP contribution < -0.4 is 5.73 Å². The number of nitrogens with two attached hydrogens (primary N) is 1. The van der Waals surface area contributed by atoms with Gasteiger partial charge in [0, 0.05) is 12.8 Å². The molecule has 0 aliphatic heterocycles. The van der Waals surface area contributed by atoms with E-state index in [2.05, 4.69) is 26.1 Å². The molecule has 1 heterocycles. The van der Waals surface area contributed by atoms with Gasteiger partial charge < -0.3 is 10.3 Å². The minimum absolute atomic E-state index is 0.257. The summed E-state index contributed by atoms with van der Waals surface area (Å²) < 4.78 is 15.4. The van der Waals surface area contributed by atoms with Crippen LogP contribution in [0.4, 0.5) is 4.39 Å². The van der Waals surface area contributed by atoms with Crippen molar-refractivity contribution in [2.45, 2.75) is 17.5 Å². The number of thioether (sulfide) groups is 1. The Kier molecular flexibility index (Phi) is 4.36. The molecule has 0 spiro atoms. The number of benzene rings is 1. The van der Waals surface area contributed by atoms with Crippen LogP contribution in [0.25, 0.3) is 0 Å². The molecule has 0 radical (unpaired) electrons. The predicted octanol–water partition coefficient (Wildman–Crippen LogP) is 2.47. The second-order valence-corrected chi connectivity index (χ2v) is 5.50. The molecule has 4 nitrogen and oxygen atoms in total. The summed E-state index contributed by atoms with van der Waals surface area (Å²) in [5.41, 5.74) is 6.55. The highest BCUT2D eigenvalue weighted by atomic mass is 79.9. The lowest BCUT2D eigenvalue weighted by atomic mass is 10.2. The normalized spacial score (nSPS) is 10.9. The molecule has 1 aromatic heterocycles. The van der Waals surface area contributed by atoms with Gasteiger partial charge in [-0.1, -0.05) is 17.8 Å². The van der Waals surface area contributed by atoms with Crippen molar-refractivity contribution in [3.8, 4) is 0 Å². The van der Waals surface area contributed by atoms with E-state index in [4.69, 9.17) is 5.73 Å². The largest absolute Gasteiger partial charge is 0.324 e. The summed E-state index contributed by atoms with van der Waals surface area (Å²) in [6.07, 6.45) is 0. The van der Waals surface area contributed by atoms with Gasteiger partial charge in [0.25, 0.3) is 0 Å². The Morgan fingerprint density at radius 2 is 2.22 bits per heavy atom. The Morgan fingerprint density at radius 1 is 1.44 bits per heavy atom. The molecule has 0 aliphatic rings. The number of rotatable bonds is 4. The fourth-order valence-corrected chi connectivity index (χ4v) is 2.72. The van der Waals surface area contributed by atoms with Crippen LogP contribution in [0.5, 0.6) is 0 Å². The lowest BCUT2D eigenvalue weighted by Crippen LogP contribution is -2.05. The molecule has 0 saturated carbocycles. The second kappa shape index (κ2) is 5.81. The van der Waals surface area contributed by atoms with Crippen molar-refractivity contribution in [1.29, 1.82) is 0 Å². The number of hydrogen-bond donors (Lipinski definition) is 1. The Labute approximate surface area is 117 Å². The summed E-state index contributed by atoms with van der Waals surface area (Å²) in [6.45, 7) is 0.367. The SMILES string of the molecule is Cn1c(CN)nnc1SCc1ccc(F)c(Br)c1. The van der Waals surface area contributed by atoms with E-state index in [1.54, 1.807) is 23.9 Å². The van der Waals surface area contributed by atoms with Gasteiger partial charge in [-0.25, -0.2) is 4.39 Å². The maximum absolute atomic E-state index is 13.1. The molecule has 2 aromatic rings. The van der Waals surface area contributed by atoms with Crippen LogP contribution in [0, 0.1) is 5.82 Å². The Bertz CT molecular complexity index is 558. The van der Waals surface area contributed by atoms with Gasteiger partial charge in [0.05, 0.1) is 11.0 Å². The van der Waals surface area contributed by atoms with E-state index in [-0.39, 0.29) is 5.82 Å². The Morgan fingerprint density at radius 3 is 2.83 bits per heavy atom. The third-order valence-electron chi connectivity index (χ3n) is 2.46. The molecule has 0 atom stereocenters. The topological polar surface area (TPSA) is 56.7 Å². The van der Waals surface area contributed by atoms with Crippen LogP contribution in [0.3, 0.4) is 0 Å². The molecule has 0 unspecified atom stereocenters. The molecular formula is C11H12BrFN4S. The first-order chi connectivity index (χ1) is 8.61. The molecule has 96 valence electrons. The first-order valence-corrected chi connectivity index (χ1v) is 7.04. The van der Waals surface area contributed by atoms with E-state index in [1.165, 1.54) is 6.07 Å². The number of aromatic nitrogens is 3. The van der Waals surface area contributed by atoms with Crippen LogP contribution in [-0.2, 0) is 19.3 Å². The van der Waals surface area contributed by atoms with Crippen molar-refractivity contribution in [3.63, 3.8) is 0 Å². The van der Waals surface area contributed by atoms with Crippen molar-refractivity contribution in [2.24, 2.45) is 12.8 Å². The molecule has 0 fully saturated rings. The minimum atomic E-state index is -0.257. The summed E-state index contributed by atoms with van der Waals surface area (Å²) in [7, 11) is 1.88. The van der Waals surface area contributed by atoms with Gasteiger partial charge in [0.15, 0.2) is 5.16 Å². The van der Waals surface area contributed by atoms with Crippen LogP contribution in [0.15, 0.2) is 27.8 Å². The van der Waals surface area contributed by atoms with Crippen LogP contribution in [-0.4, -0.2) is 14.8 Å². The zero-order valence-corrected chi connectivity index (χ0v) is 12.1. The van der Waals surface area contributed by atoms with Gasteiger partial charge in [-0.3, -0.25) is 0 Å². The highest BCUT2D eigenvalue weighted by molar-refractivity contribution is 9.10. The van der Waals surface area contributed by atoms with Crippen LogP contribution in [0.2, 0.25) is 0 Å². The zero-order chi connectivity index (χ0) is 13.1. The second-order valence-electron chi connectivity index (χ2n) is 3.70. The molecule has 0 aliphatic carbocycles. The molecule has 7 heteroatoms. The number of halogens is 2. The highest BCUT2D eigenvalue weighted by Gasteiger charge is 2.08. The fourth-order valence-electron chi connectivity index (χ4n) is 1.43. The number of hydrogen-bond acceptors (Lipinski definition) is 4. The van der Waals surface area contributed by atoms with Gasteiger partial charge in [0.2, 0.25) is 0 Å². The van der Waals surface area contributed by atoms with Crippen molar-refractivity contribution in [2.75, 3.05) is 0 Å². The predicted molar refractivity (Wildman–Crippen MR) is 72.6 cm³/mol. The monoisotopic (exact) mass is 330 g/mol. The smallest absolute Gasteiger partial charge is 0.191 e. The fraction of sp³-hybridized carbons (Fsp3) is 0.273. The van der Waals surface area contributed by atoms with Crippen LogP contribution in [0.1, 0.15) is 11.4 Å². The summed E-state index contributed by atoms with van der Waals surface area (Å²) in [5, 5.41) is 8.83. The molecule has 0 bridgehead atoms. The maximum Gasteiger partial charge on any atom is 0.191 e. The molecule has 18 heavy (non-hydrogen) atoms. The quantitative estimate of drug-likeness (QED) is 0.875. The third kappa shape index (κ3) is 2.90. The average molecular weight is 331 g/mol. The lowest BCUT2D eigenvalue weighted by Gasteiger charge is -2.03. The maximum atomic E-state index is 13.1. The van der Waals surface area contributed by atoms with Crippen molar-refractivity contribution in [3.05, 3.63) is 39.9 Å². The number of nitrogens with zero attached hydrogens (tertiary/aromatic N) is 3. The Hall–Kier alpha value is -0.920. The van der Waals surface area contributed by atoms with E-state index in [0.717, 1.165) is 16.5 Å². The van der Waals surface area contributed by atoms with Gasteiger partial charge in [0.1, 0.15) is 11.6 Å². The van der Waals surface area contributed by atoms with Crippen LogP contribution >= 0.6 is 27.7 Å². The molecule has 0 amide bonds. The molecule has 1 aromatic carbocycles. The molecule has 0 saturated heterocycles. The minimum Gasteiger partial charge on any atom is -0.324 e. The van der Waals surface area contributed by atoms with E-state index in [1.807, 2.05) is 11.6 Å². The van der Waals surface area contributed by atoms with Crippen molar-refractivity contribution >= 4 is 27.7 Å². The summed E-state index contributed by atoms with van der Waals surface area (Å²) in [6, 6.07) is 4.97. The standard InChI is InChI=1S/C11H12BrFN4S/c1-17-10(5-14)15-16-11(17)18-6-7-2-3-9(13)8(12)4-7/h2-4H,5-6,14H2,1H3. The zero-order valence-electron chi connectivity index (χ0n) is 9.73. The van der Waals surface area contributed by atoms with Crippen molar-refractivity contribution < 1.29 is 4.39 Å². The molecule has 2 rings (SSSR count). The van der Waals surface area contributed by atoms with Crippen molar-refractivity contribution in [1.82, 2.24) is 14.8 Å². The van der Waals surface area contributed by atoms with E-state index in [0.29, 0.717) is 16.8 Å². The van der Waals surface area contributed by atoms with E-state index >= 15 is 0 Å². The molecule has 2 N–H and O–H groups in total. The van der Waals surface area contributed by atoms with E-state index < -0.39 is 0 Å². The summed E-state index contributed by atoms with van der Waals surface area (Å²) >= 11 is 4.71. The van der Waals surface area contributed by atoms with E-state index in [9.17, 15) is 4.39 Å². The summed E-state index contributed by atoms with van der Waals surface area (Å²) in [5.74, 6) is 1.20. The van der Waals surface area contributed by atoms with Gasteiger partial charge >= 0.3 is 0 Å². The Balaban J connectivity index is 2.06. The average Bonchev–Trinajstić information content (AvgIpc) is 2.72. The summed E-state index contributed by atoms with van der Waals surface area (Å²) in [4.78, 5) is 0. The first-order valence-electron chi connectivity index (χ1n) is 5.27.